The number of nitrogens with one attached hydrogen (secondary N) is 2. The van der Waals surface area contributed by atoms with Gasteiger partial charge < -0.3 is 19.9 Å². The van der Waals surface area contributed by atoms with Crippen molar-refractivity contribution in [1.82, 2.24) is 9.88 Å². The zero-order valence-corrected chi connectivity index (χ0v) is 13.0. The molecule has 0 bridgehead atoms. The van der Waals surface area contributed by atoms with Gasteiger partial charge in [0.1, 0.15) is 5.82 Å². The Morgan fingerprint density at radius 1 is 1.26 bits per heavy atom. The van der Waals surface area contributed by atoms with E-state index in [-0.39, 0.29) is 11.8 Å². The van der Waals surface area contributed by atoms with Crippen molar-refractivity contribution < 1.29 is 9.53 Å². The number of amides is 1. The minimum absolute atomic E-state index is 0.0541. The summed E-state index contributed by atoms with van der Waals surface area (Å²) in [4.78, 5) is 17.8. The van der Waals surface area contributed by atoms with Crippen LogP contribution in [0, 0.1) is 5.92 Å². The van der Waals surface area contributed by atoms with Crippen molar-refractivity contribution >= 4 is 17.8 Å². The van der Waals surface area contributed by atoms with Gasteiger partial charge in [-0.3, -0.25) is 4.79 Å². The van der Waals surface area contributed by atoms with Crippen LogP contribution in [0.3, 0.4) is 0 Å². The van der Waals surface area contributed by atoms with Crippen LogP contribution in [0.5, 0.6) is 0 Å². The molecule has 0 aromatic carbocycles. The average molecular weight is 311 g/mol. The molecule has 0 radical (unpaired) electrons. The van der Waals surface area contributed by atoms with Crippen molar-refractivity contribution in [1.29, 1.82) is 0 Å². The zero-order chi connectivity index (χ0) is 15.6. The van der Waals surface area contributed by atoms with Gasteiger partial charge in [-0.2, -0.15) is 0 Å². The van der Waals surface area contributed by atoms with Crippen molar-refractivity contribution in [2.45, 2.75) is 6.42 Å². The van der Waals surface area contributed by atoms with Crippen LogP contribution in [0.25, 0.3) is 6.08 Å². The number of rotatable bonds is 2. The number of H-pyrrole nitrogens is 1. The van der Waals surface area contributed by atoms with Gasteiger partial charge in [0.25, 0.3) is 0 Å². The fraction of sp³-hybridized carbons (Fsp3) is 0.389. The third-order valence-electron chi connectivity index (χ3n) is 4.70. The van der Waals surface area contributed by atoms with Crippen LogP contribution in [0.2, 0.25) is 0 Å². The highest BCUT2D eigenvalue weighted by molar-refractivity contribution is 5.82. The molecule has 1 saturated heterocycles. The number of carbonyl (C=O) groups excluding carboxylic acids is 1. The minimum atomic E-state index is -0.0541. The summed E-state index contributed by atoms with van der Waals surface area (Å²) in [5.74, 6) is 1.24. The lowest BCUT2D eigenvalue weighted by Gasteiger charge is -2.31. The molecule has 0 saturated carbocycles. The van der Waals surface area contributed by atoms with Crippen LogP contribution in [0.15, 0.2) is 41.6 Å². The fourth-order valence-corrected chi connectivity index (χ4v) is 3.39. The monoisotopic (exact) mass is 311 g/mol. The molecule has 1 aliphatic carbocycles. The predicted octanol–water partition coefficient (Wildman–Crippen LogP) is 2.18. The normalized spacial score (nSPS) is 23.7. The number of nitrogens with zero attached hydrogens (tertiary/aromatic N) is 1. The van der Waals surface area contributed by atoms with Gasteiger partial charge in [-0.05, 0) is 29.7 Å². The van der Waals surface area contributed by atoms with Crippen LogP contribution < -0.4 is 5.32 Å². The Morgan fingerprint density at radius 3 is 3.00 bits per heavy atom. The Labute approximate surface area is 135 Å². The van der Waals surface area contributed by atoms with Gasteiger partial charge in [0.15, 0.2) is 0 Å². The van der Waals surface area contributed by atoms with Crippen LogP contribution in [0.1, 0.15) is 12.0 Å². The highest BCUT2D eigenvalue weighted by Gasteiger charge is 2.27. The fourth-order valence-electron chi connectivity index (χ4n) is 3.39. The number of fused-ring (bicyclic) bond motifs is 1. The molecule has 1 atom stereocenters. The third kappa shape index (κ3) is 2.84. The Hall–Kier alpha value is -2.27. The van der Waals surface area contributed by atoms with E-state index in [1.165, 1.54) is 16.7 Å². The van der Waals surface area contributed by atoms with E-state index < -0.39 is 0 Å². The summed E-state index contributed by atoms with van der Waals surface area (Å²) in [5.41, 5.74) is 3.69. The molecule has 1 fully saturated rings. The topological polar surface area (TPSA) is 57.4 Å². The van der Waals surface area contributed by atoms with Gasteiger partial charge in [-0.1, -0.05) is 18.2 Å². The number of aromatic amines is 1. The first-order valence-corrected chi connectivity index (χ1v) is 8.17. The maximum Gasteiger partial charge on any atom is 0.229 e. The third-order valence-corrected chi connectivity index (χ3v) is 4.70. The van der Waals surface area contributed by atoms with E-state index in [0.717, 1.165) is 18.8 Å². The zero-order valence-electron chi connectivity index (χ0n) is 13.0. The SMILES string of the molecule is O=C(C1C=CC=C(C2=Cc3cc[nH]c3NC2)C1)N1CCOCC1. The Balaban J connectivity index is 1.48. The van der Waals surface area contributed by atoms with Crippen molar-refractivity contribution in [2.75, 3.05) is 38.2 Å². The molecule has 5 nitrogen and oxygen atoms in total. The Bertz CT molecular complexity index is 693. The summed E-state index contributed by atoms with van der Waals surface area (Å²) in [7, 11) is 0. The van der Waals surface area contributed by atoms with Gasteiger partial charge in [0.2, 0.25) is 5.91 Å². The van der Waals surface area contributed by atoms with E-state index in [9.17, 15) is 4.79 Å². The summed E-state index contributed by atoms with van der Waals surface area (Å²) in [6.07, 6.45) is 11.1. The maximum atomic E-state index is 12.7. The van der Waals surface area contributed by atoms with Crippen molar-refractivity contribution in [3.8, 4) is 0 Å². The molecule has 4 rings (SSSR count). The van der Waals surface area contributed by atoms with Crippen LogP contribution in [-0.2, 0) is 9.53 Å². The molecule has 1 amide bonds. The van der Waals surface area contributed by atoms with E-state index in [4.69, 9.17) is 4.74 Å². The van der Waals surface area contributed by atoms with Gasteiger partial charge >= 0.3 is 0 Å². The maximum absolute atomic E-state index is 12.7. The lowest BCUT2D eigenvalue weighted by molar-refractivity contribution is -0.138. The smallest absolute Gasteiger partial charge is 0.229 e. The molecule has 5 heteroatoms. The number of hydrogen-bond donors (Lipinski definition) is 2. The van der Waals surface area contributed by atoms with E-state index in [0.29, 0.717) is 26.3 Å². The lowest BCUT2D eigenvalue weighted by Crippen LogP contribution is -2.43. The predicted molar refractivity (Wildman–Crippen MR) is 90.0 cm³/mol. The summed E-state index contributed by atoms with van der Waals surface area (Å²) in [6, 6.07) is 2.07. The largest absolute Gasteiger partial charge is 0.378 e. The van der Waals surface area contributed by atoms with E-state index in [1.54, 1.807) is 0 Å². The number of aromatic nitrogens is 1. The second kappa shape index (κ2) is 6.08. The number of anilines is 1. The summed E-state index contributed by atoms with van der Waals surface area (Å²) in [6.45, 7) is 3.51. The van der Waals surface area contributed by atoms with Gasteiger partial charge in [-0.25, -0.2) is 0 Å². The van der Waals surface area contributed by atoms with Crippen molar-refractivity contribution in [3.05, 3.63) is 47.2 Å². The molecular formula is C18H21N3O2. The number of ether oxygens (including phenoxy) is 1. The molecular weight excluding hydrogens is 290 g/mol. The summed E-state index contributed by atoms with van der Waals surface area (Å²) < 4.78 is 5.34. The molecule has 1 aromatic heterocycles. The van der Waals surface area contributed by atoms with Gasteiger partial charge in [0.05, 0.1) is 19.1 Å². The first-order chi connectivity index (χ1) is 11.3. The minimum Gasteiger partial charge on any atom is -0.378 e. The first kappa shape index (κ1) is 14.3. The number of morpholine rings is 1. The first-order valence-electron chi connectivity index (χ1n) is 8.17. The van der Waals surface area contributed by atoms with E-state index in [1.807, 2.05) is 23.2 Å². The molecule has 1 aromatic rings. The Morgan fingerprint density at radius 2 is 2.13 bits per heavy atom. The van der Waals surface area contributed by atoms with Crippen LogP contribution in [-0.4, -0.2) is 48.6 Å². The number of carbonyl (C=O) groups is 1. The number of hydrogen-bond acceptors (Lipinski definition) is 3. The molecule has 0 spiro atoms. The standard InChI is InChI=1S/C18H21N3O2/c22-18(21-6-8-23-9-7-21)15-3-1-2-13(10-15)16-11-14-4-5-19-17(14)20-12-16/h1-5,11,15,19-20H,6-10,12H2. The van der Waals surface area contributed by atoms with Gasteiger partial charge in [0, 0.05) is 31.4 Å². The molecule has 23 heavy (non-hydrogen) atoms. The lowest BCUT2D eigenvalue weighted by atomic mass is 9.87. The molecule has 2 N–H and O–H groups in total. The second-order valence-electron chi connectivity index (χ2n) is 6.16. The molecule has 3 heterocycles. The van der Waals surface area contributed by atoms with E-state index in [2.05, 4.69) is 28.5 Å². The molecule has 2 aliphatic heterocycles. The van der Waals surface area contributed by atoms with E-state index >= 15 is 0 Å². The second-order valence-corrected chi connectivity index (χ2v) is 6.16. The molecule has 120 valence electrons. The Kier molecular flexibility index (Phi) is 3.79. The molecule has 3 aliphatic rings. The molecule has 1 unspecified atom stereocenters. The van der Waals surface area contributed by atoms with Crippen LogP contribution in [0.4, 0.5) is 5.82 Å². The summed E-state index contributed by atoms with van der Waals surface area (Å²) >= 11 is 0. The average Bonchev–Trinajstić information content (AvgIpc) is 3.09. The highest BCUT2D eigenvalue weighted by Crippen LogP contribution is 2.31. The quantitative estimate of drug-likeness (QED) is 0.880. The van der Waals surface area contributed by atoms with Crippen molar-refractivity contribution in [2.24, 2.45) is 5.92 Å². The van der Waals surface area contributed by atoms with Crippen molar-refractivity contribution in [3.63, 3.8) is 0 Å². The summed E-state index contributed by atoms with van der Waals surface area (Å²) in [5, 5.41) is 3.40. The highest BCUT2D eigenvalue weighted by atomic mass is 16.5. The van der Waals surface area contributed by atoms with Gasteiger partial charge in [-0.15, -0.1) is 0 Å². The van der Waals surface area contributed by atoms with Crippen LogP contribution >= 0.6 is 0 Å². The number of allylic oxidation sites excluding steroid dienone is 2.